The zero-order valence-corrected chi connectivity index (χ0v) is 14.3. The van der Waals surface area contributed by atoms with Gasteiger partial charge in [0.25, 0.3) is 0 Å². The van der Waals surface area contributed by atoms with Gasteiger partial charge in [0.15, 0.2) is 0 Å². The first-order valence-electron chi connectivity index (χ1n) is 8.19. The molecule has 126 valence electrons. The highest BCUT2D eigenvalue weighted by Gasteiger charge is 2.23. The summed E-state index contributed by atoms with van der Waals surface area (Å²) in [6.45, 7) is 2.25. The molecule has 1 aliphatic heterocycles. The molecule has 4 nitrogen and oxygen atoms in total. The van der Waals surface area contributed by atoms with Crippen LogP contribution in [-0.4, -0.2) is 42.2 Å². The van der Waals surface area contributed by atoms with Crippen molar-refractivity contribution < 1.29 is 9.90 Å². The molecule has 1 fully saturated rings. The number of amides is 1. The van der Waals surface area contributed by atoms with Crippen LogP contribution in [0.25, 0.3) is 0 Å². The predicted molar refractivity (Wildman–Crippen MR) is 97.3 cm³/mol. The van der Waals surface area contributed by atoms with Crippen LogP contribution < -0.4 is 5.32 Å². The van der Waals surface area contributed by atoms with Crippen molar-refractivity contribution in [3.8, 4) is 0 Å². The summed E-state index contributed by atoms with van der Waals surface area (Å²) in [6.07, 6.45) is 0.963. The lowest BCUT2D eigenvalue weighted by Gasteiger charge is -2.16. The van der Waals surface area contributed by atoms with Crippen molar-refractivity contribution in [3.05, 3.63) is 54.6 Å². The predicted octanol–water partition coefficient (Wildman–Crippen LogP) is 3.09. The van der Waals surface area contributed by atoms with Crippen LogP contribution in [0.1, 0.15) is 6.42 Å². The second-order valence-corrected chi connectivity index (χ2v) is 7.15. The van der Waals surface area contributed by atoms with E-state index in [0.717, 1.165) is 35.0 Å². The van der Waals surface area contributed by atoms with Crippen molar-refractivity contribution in [3.63, 3.8) is 0 Å². The number of hydrogen-bond acceptors (Lipinski definition) is 4. The number of rotatable bonds is 6. The van der Waals surface area contributed by atoms with Crippen molar-refractivity contribution in [1.29, 1.82) is 0 Å². The average molecular weight is 342 g/mol. The second-order valence-electron chi connectivity index (χ2n) is 6.03. The van der Waals surface area contributed by atoms with E-state index in [1.54, 1.807) is 11.8 Å². The molecule has 5 heteroatoms. The number of likely N-dealkylation sites (tertiary alicyclic amines) is 1. The Balaban J connectivity index is 1.61. The minimum Gasteiger partial charge on any atom is -0.396 e. The van der Waals surface area contributed by atoms with Gasteiger partial charge >= 0.3 is 0 Å². The first-order valence-corrected chi connectivity index (χ1v) is 9.01. The maximum absolute atomic E-state index is 12.3. The van der Waals surface area contributed by atoms with Gasteiger partial charge in [0, 0.05) is 22.9 Å². The van der Waals surface area contributed by atoms with E-state index in [0.29, 0.717) is 12.5 Å². The fourth-order valence-electron chi connectivity index (χ4n) is 2.87. The van der Waals surface area contributed by atoms with Gasteiger partial charge < -0.3 is 10.4 Å². The SMILES string of the molecule is O=C(CN1CCC(CO)C1)Nc1ccccc1Sc1ccccc1. The molecule has 3 rings (SSSR count). The summed E-state index contributed by atoms with van der Waals surface area (Å²) in [5.74, 6) is 0.299. The third-order valence-electron chi connectivity index (χ3n) is 4.13. The molecule has 24 heavy (non-hydrogen) atoms. The van der Waals surface area contributed by atoms with E-state index < -0.39 is 0 Å². The Morgan fingerprint density at radius 1 is 1.17 bits per heavy atom. The minimum absolute atomic E-state index is 0.00491. The lowest BCUT2D eigenvalue weighted by Crippen LogP contribution is -2.32. The van der Waals surface area contributed by atoms with Gasteiger partial charge in [-0.1, -0.05) is 42.1 Å². The molecule has 2 aromatic rings. The molecule has 1 amide bonds. The van der Waals surface area contributed by atoms with Crippen LogP contribution in [0.4, 0.5) is 5.69 Å². The smallest absolute Gasteiger partial charge is 0.238 e. The molecule has 0 saturated carbocycles. The summed E-state index contributed by atoms with van der Waals surface area (Å²) in [5.41, 5.74) is 0.842. The summed E-state index contributed by atoms with van der Waals surface area (Å²) in [4.78, 5) is 16.6. The molecule has 1 heterocycles. The Morgan fingerprint density at radius 2 is 1.92 bits per heavy atom. The molecular weight excluding hydrogens is 320 g/mol. The van der Waals surface area contributed by atoms with E-state index in [1.807, 2.05) is 42.5 Å². The Labute approximate surface area is 146 Å². The summed E-state index contributed by atoms with van der Waals surface area (Å²) in [6, 6.07) is 18.0. The number of anilines is 1. The van der Waals surface area contributed by atoms with E-state index in [-0.39, 0.29) is 12.5 Å². The molecule has 0 aliphatic carbocycles. The first kappa shape index (κ1) is 17.0. The van der Waals surface area contributed by atoms with Crippen LogP contribution in [0.15, 0.2) is 64.4 Å². The highest BCUT2D eigenvalue weighted by molar-refractivity contribution is 7.99. The number of hydrogen-bond donors (Lipinski definition) is 2. The van der Waals surface area contributed by atoms with Gasteiger partial charge in [-0.3, -0.25) is 9.69 Å². The number of benzene rings is 2. The summed E-state index contributed by atoms with van der Waals surface area (Å²) < 4.78 is 0. The first-order chi connectivity index (χ1) is 11.7. The minimum atomic E-state index is -0.00491. The zero-order valence-electron chi connectivity index (χ0n) is 13.5. The molecule has 2 aromatic carbocycles. The number of nitrogens with one attached hydrogen (secondary N) is 1. The maximum Gasteiger partial charge on any atom is 0.238 e. The highest BCUT2D eigenvalue weighted by Crippen LogP contribution is 2.33. The van der Waals surface area contributed by atoms with Gasteiger partial charge in [-0.15, -0.1) is 0 Å². The van der Waals surface area contributed by atoms with Gasteiger partial charge in [-0.25, -0.2) is 0 Å². The topological polar surface area (TPSA) is 52.6 Å². The number of aliphatic hydroxyl groups is 1. The molecule has 1 unspecified atom stereocenters. The van der Waals surface area contributed by atoms with E-state index in [1.165, 1.54) is 0 Å². The number of carbonyl (C=O) groups excluding carboxylic acids is 1. The third kappa shape index (κ3) is 4.60. The third-order valence-corrected chi connectivity index (χ3v) is 5.21. The number of para-hydroxylation sites is 1. The number of carbonyl (C=O) groups is 1. The largest absolute Gasteiger partial charge is 0.396 e. The molecule has 1 aliphatic rings. The Bertz CT molecular complexity index is 678. The molecule has 0 radical (unpaired) electrons. The van der Waals surface area contributed by atoms with Crippen molar-refractivity contribution >= 4 is 23.4 Å². The van der Waals surface area contributed by atoms with E-state index in [4.69, 9.17) is 0 Å². The fraction of sp³-hybridized carbons (Fsp3) is 0.316. The summed E-state index contributed by atoms with van der Waals surface area (Å²) in [5, 5.41) is 12.2. The van der Waals surface area contributed by atoms with Crippen LogP contribution in [-0.2, 0) is 4.79 Å². The number of nitrogens with zero attached hydrogens (tertiary/aromatic N) is 1. The van der Waals surface area contributed by atoms with Crippen molar-refractivity contribution in [2.75, 3.05) is 31.6 Å². The number of aliphatic hydroxyl groups excluding tert-OH is 1. The second kappa shape index (κ2) is 8.33. The van der Waals surface area contributed by atoms with Crippen LogP contribution in [0.5, 0.6) is 0 Å². The lowest BCUT2D eigenvalue weighted by atomic mass is 10.1. The molecule has 2 N–H and O–H groups in total. The zero-order chi connectivity index (χ0) is 16.8. The molecule has 0 spiro atoms. The van der Waals surface area contributed by atoms with E-state index in [2.05, 4.69) is 22.3 Å². The Hall–Kier alpha value is -1.82. The molecule has 1 atom stereocenters. The van der Waals surface area contributed by atoms with Gasteiger partial charge in [-0.05, 0) is 43.1 Å². The molecular formula is C19H22N2O2S. The van der Waals surface area contributed by atoms with Crippen molar-refractivity contribution in [2.24, 2.45) is 5.92 Å². The Kier molecular flexibility index (Phi) is 5.91. The summed E-state index contributed by atoms with van der Waals surface area (Å²) in [7, 11) is 0. The fourth-order valence-corrected chi connectivity index (χ4v) is 3.80. The average Bonchev–Trinajstić information content (AvgIpc) is 3.05. The standard InChI is InChI=1S/C19H22N2O2S/c22-14-15-10-11-21(12-15)13-19(23)20-17-8-4-5-9-18(17)24-16-6-2-1-3-7-16/h1-9,15,22H,10-14H2,(H,20,23). The van der Waals surface area contributed by atoms with Gasteiger partial charge in [0.2, 0.25) is 5.91 Å². The Morgan fingerprint density at radius 3 is 2.67 bits per heavy atom. The normalized spacial score (nSPS) is 17.8. The van der Waals surface area contributed by atoms with Crippen molar-refractivity contribution in [1.82, 2.24) is 4.90 Å². The summed E-state index contributed by atoms with van der Waals surface area (Å²) >= 11 is 1.64. The van der Waals surface area contributed by atoms with Crippen LogP contribution in [0.2, 0.25) is 0 Å². The van der Waals surface area contributed by atoms with Gasteiger partial charge in [0.1, 0.15) is 0 Å². The lowest BCUT2D eigenvalue weighted by molar-refractivity contribution is -0.117. The van der Waals surface area contributed by atoms with Crippen LogP contribution >= 0.6 is 11.8 Å². The monoisotopic (exact) mass is 342 g/mol. The van der Waals surface area contributed by atoms with Gasteiger partial charge in [-0.2, -0.15) is 0 Å². The molecule has 0 bridgehead atoms. The van der Waals surface area contributed by atoms with Crippen LogP contribution in [0, 0.1) is 5.92 Å². The van der Waals surface area contributed by atoms with E-state index >= 15 is 0 Å². The molecule has 1 saturated heterocycles. The maximum atomic E-state index is 12.3. The quantitative estimate of drug-likeness (QED) is 0.847. The highest BCUT2D eigenvalue weighted by atomic mass is 32.2. The van der Waals surface area contributed by atoms with Crippen LogP contribution in [0.3, 0.4) is 0 Å². The van der Waals surface area contributed by atoms with Gasteiger partial charge in [0.05, 0.1) is 12.2 Å². The van der Waals surface area contributed by atoms with E-state index in [9.17, 15) is 9.90 Å². The van der Waals surface area contributed by atoms with Crippen molar-refractivity contribution in [2.45, 2.75) is 16.2 Å². The molecule has 0 aromatic heterocycles.